The normalized spacial score (nSPS) is 11.0. The van der Waals surface area contributed by atoms with Gasteiger partial charge in [-0.15, -0.1) is 11.3 Å². The van der Waals surface area contributed by atoms with E-state index in [9.17, 15) is 9.59 Å². The van der Waals surface area contributed by atoms with Crippen molar-refractivity contribution in [1.29, 1.82) is 0 Å². The van der Waals surface area contributed by atoms with Gasteiger partial charge in [-0.2, -0.15) is 0 Å². The van der Waals surface area contributed by atoms with Crippen LogP contribution in [0.1, 0.15) is 15.4 Å². The number of carbonyl (C=O) groups is 1. The number of thiazole rings is 1. The molecule has 8 heteroatoms. The first-order valence-corrected chi connectivity index (χ1v) is 8.96. The molecule has 2 heterocycles. The Bertz CT molecular complexity index is 1190. The molecule has 3 N–H and O–H groups in total. The summed E-state index contributed by atoms with van der Waals surface area (Å²) in [5.41, 5.74) is 3.15. The lowest BCUT2D eigenvalue weighted by molar-refractivity contribution is 0.103. The van der Waals surface area contributed by atoms with E-state index < -0.39 is 0 Å². The minimum absolute atomic E-state index is 0.245. The molecule has 6 nitrogen and oxygen atoms in total. The highest BCUT2D eigenvalue weighted by Crippen LogP contribution is 2.30. The first kappa shape index (κ1) is 16.6. The van der Waals surface area contributed by atoms with E-state index in [1.165, 1.54) is 11.3 Å². The van der Waals surface area contributed by atoms with Crippen molar-refractivity contribution in [2.75, 3.05) is 5.32 Å². The van der Waals surface area contributed by atoms with Gasteiger partial charge in [0.15, 0.2) is 0 Å². The summed E-state index contributed by atoms with van der Waals surface area (Å²) in [6.45, 7) is 1.80. The van der Waals surface area contributed by atoms with Gasteiger partial charge < -0.3 is 15.3 Å². The van der Waals surface area contributed by atoms with Crippen LogP contribution in [0.15, 0.2) is 47.3 Å². The topological polar surface area (TPSA) is 90.6 Å². The van der Waals surface area contributed by atoms with E-state index in [-0.39, 0.29) is 11.6 Å². The average Bonchev–Trinajstić information content (AvgIpc) is 3.16. The summed E-state index contributed by atoms with van der Waals surface area (Å²) in [6, 6.07) is 12.5. The number of aromatic amines is 2. The molecular formula is C18H13ClN4O2S. The fraction of sp³-hybridized carbons (Fsp3) is 0.0556. The molecule has 2 aromatic carbocycles. The number of aryl methyl sites for hydroxylation is 1. The number of aromatic nitrogens is 3. The maximum absolute atomic E-state index is 12.6. The van der Waals surface area contributed by atoms with Crippen LogP contribution in [0.5, 0.6) is 0 Å². The summed E-state index contributed by atoms with van der Waals surface area (Å²) in [6.07, 6.45) is 0. The number of fused-ring (bicyclic) bond motifs is 1. The number of rotatable bonds is 3. The molecule has 0 aliphatic rings. The van der Waals surface area contributed by atoms with Gasteiger partial charge in [-0.05, 0) is 37.3 Å². The first-order valence-electron chi connectivity index (χ1n) is 7.76. The van der Waals surface area contributed by atoms with E-state index in [0.717, 1.165) is 10.6 Å². The van der Waals surface area contributed by atoms with Gasteiger partial charge in [-0.3, -0.25) is 4.79 Å². The zero-order valence-electron chi connectivity index (χ0n) is 13.6. The Morgan fingerprint density at radius 1 is 1.15 bits per heavy atom. The van der Waals surface area contributed by atoms with Crippen molar-refractivity contribution < 1.29 is 4.79 Å². The quantitative estimate of drug-likeness (QED) is 0.494. The van der Waals surface area contributed by atoms with Crippen LogP contribution in [0.2, 0.25) is 5.02 Å². The second-order valence-corrected chi connectivity index (χ2v) is 7.17. The highest BCUT2D eigenvalue weighted by molar-refractivity contribution is 7.17. The maximum atomic E-state index is 12.6. The van der Waals surface area contributed by atoms with Crippen molar-refractivity contribution in [3.8, 4) is 10.6 Å². The number of hydrogen-bond acceptors (Lipinski definition) is 4. The summed E-state index contributed by atoms with van der Waals surface area (Å²) in [4.78, 5) is 34.3. The molecule has 0 saturated heterocycles. The molecule has 26 heavy (non-hydrogen) atoms. The van der Waals surface area contributed by atoms with Crippen molar-refractivity contribution in [1.82, 2.24) is 15.0 Å². The molecule has 0 aliphatic heterocycles. The van der Waals surface area contributed by atoms with Gasteiger partial charge in [-0.1, -0.05) is 23.7 Å². The monoisotopic (exact) mass is 384 g/mol. The molecule has 1 amide bonds. The van der Waals surface area contributed by atoms with Crippen molar-refractivity contribution >= 4 is 45.6 Å². The average molecular weight is 385 g/mol. The lowest BCUT2D eigenvalue weighted by Crippen LogP contribution is -2.11. The summed E-state index contributed by atoms with van der Waals surface area (Å²) in [5, 5.41) is 4.20. The van der Waals surface area contributed by atoms with Crippen LogP contribution < -0.4 is 11.0 Å². The number of hydrogen-bond donors (Lipinski definition) is 3. The van der Waals surface area contributed by atoms with Crippen LogP contribution in [-0.2, 0) is 0 Å². The fourth-order valence-corrected chi connectivity index (χ4v) is 3.80. The van der Waals surface area contributed by atoms with Gasteiger partial charge >= 0.3 is 5.69 Å². The van der Waals surface area contributed by atoms with Crippen LogP contribution in [0.4, 0.5) is 5.69 Å². The molecule has 0 radical (unpaired) electrons. The van der Waals surface area contributed by atoms with Crippen molar-refractivity contribution in [3.05, 3.63) is 68.5 Å². The molecule has 4 rings (SSSR count). The third-order valence-electron chi connectivity index (χ3n) is 3.85. The number of nitrogens with zero attached hydrogens (tertiary/aromatic N) is 1. The van der Waals surface area contributed by atoms with Crippen molar-refractivity contribution in [2.45, 2.75) is 6.92 Å². The Balaban J connectivity index is 1.62. The molecule has 0 saturated carbocycles. The number of carbonyl (C=O) groups excluding carboxylic acids is 1. The summed E-state index contributed by atoms with van der Waals surface area (Å²) in [5.74, 6) is -0.245. The molecule has 0 fully saturated rings. The van der Waals surface area contributed by atoms with E-state index in [1.807, 2.05) is 18.2 Å². The smallest absolute Gasteiger partial charge is 0.321 e. The molecule has 2 aromatic heterocycles. The molecule has 130 valence electrons. The van der Waals surface area contributed by atoms with E-state index in [4.69, 9.17) is 11.6 Å². The molecule has 4 aromatic rings. The molecule has 0 unspecified atom stereocenters. The van der Waals surface area contributed by atoms with Gasteiger partial charge in [0.1, 0.15) is 9.88 Å². The van der Waals surface area contributed by atoms with E-state index >= 15 is 0 Å². The second-order valence-electron chi connectivity index (χ2n) is 5.74. The predicted molar refractivity (Wildman–Crippen MR) is 104 cm³/mol. The number of anilines is 1. The zero-order valence-corrected chi connectivity index (χ0v) is 15.2. The maximum Gasteiger partial charge on any atom is 0.323 e. The Labute approximate surface area is 156 Å². The second kappa shape index (κ2) is 6.44. The zero-order chi connectivity index (χ0) is 18.3. The standard InChI is InChI=1S/C18H13ClN4O2S/c1-9-15(26-17(20-9)10-3-2-4-11(19)7-10)16(24)21-12-5-6-13-14(8-12)23-18(25)22-13/h2-8H,1H3,(H,21,24)(H2,22,23,25). The fourth-order valence-electron chi connectivity index (χ4n) is 2.65. The van der Waals surface area contributed by atoms with E-state index in [0.29, 0.717) is 32.3 Å². The first-order chi connectivity index (χ1) is 12.5. The van der Waals surface area contributed by atoms with Gasteiger partial charge in [0.05, 0.1) is 16.7 Å². The summed E-state index contributed by atoms with van der Waals surface area (Å²) < 4.78 is 0. The molecule has 0 atom stereocenters. The van der Waals surface area contributed by atoms with Gasteiger partial charge in [0.25, 0.3) is 5.91 Å². The Morgan fingerprint density at radius 2 is 1.96 bits per heavy atom. The summed E-state index contributed by atoms with van der Waals surface area (Å²) in [7, 11) is 0. The SMILES string of the molecule is Cc1nc(-c2cccc(Cl)c2)sc1C(=O)Nc1ccc2[nH]c(=O)[nH]c2c1. The van der Waals surface area contributed by atoms with Gasteiger partial charge in [0, 0.05) is 16.3 Å². The largest absolute Gasteiger partial charge is 0.323 e. The number of halogens is 1. The number of H-pyrrole nitrogens is 2. The Hall–Kier alpha value is -2.90. The van der Waals surface area contributed by atoms with Gasteiger partial charge in [-0.25, -0.2) is 9.78 Å². The Morgan fingerprint density at radius 3 is 2.77 bits per heavy atom. The van der Waals surface area contributed by atoms with Crippen LogP contribution in [0, 0.1) is 6.92 Å². The minimum Gasteiger partial charge on any atom is -0.321 e. The molecular weight excluding hydrogens is 372 g/mol. The minimum atomic E-state index is -0.284. The highest BCUT2D eigenvalue weighted by atomic mass is 35.5. The highest BCUT2D eigenvalue weighted by Gasteiger charge is 2.17. The Kier molecular flexibility index (Phi) is 4.10. The van der Waals surface area contributed by atoms with Crippen molar-refractivity contribution in [3.63, 3.8) is 0 Å². The third-order valence-corrected chi connectivity index (χ3v) is 5.29. The van der Waals surface area contributed by atoms with Gasteiger partial charge in [0.2, 0.25) is 0 Å². The van der Waals surface area contributed by atoms with Crippen LogP contribution in [0.25, 0.3) is 21.6 Å². The predicted octanol–water partition coefficient (Wildman–Crippen LogP) is 4.19. The van der Waals surface area contributed by atoms with E-state index in [1.54, 1.807) is 31.2 Å². The molecule has 0 spiro atoms. The summed E-state index contributed by atoms with van der Waals surface area (Å²) >= 11 is 7.34. The number of imidazole rings is 1. The molecule has 0 bridgehead atoms. The van der Waals surface area contributed by atoms with Crippen LogP contribution in [0.3, 0.4) is 0 Å². The van der Waals surface area contributed by atoms with E-state index in [2.05, 4.69) is 20.3 Å². The number of nitrogens with one attached hydrogen (secondary N) is 3. The lowest BCUT2D eigenvalue weighted by Gasteiger charge is -2.04. The van der Waals surface area contributed by atoms with Crippen LogP contribution in [-0.4, -0.2) is 20.9 Å². The lowest BCUT2D eigenvalue weighted by atomic mass is 10.2. The third kappa shape index (κ3) is 3.14. The van der Waals surface area contributed by atoms with Crippen molar-refractivity contribution in [2.24, 2.45) is 0 Å². The molecule has 0 aliphatic carbocycles. The van der Waals surface area contributed by atoms with Crippen LogP contribution >= 0.6 is 22.9 Å². The number of benzene rings is 2. The number of amides is 1.